The topological polar surface area (TPSA) is 54.4 Å². The van der Waals surface area contributed by atoms with Crippen LogP contribution in [-0.2, 0) is 26.7 Å². The maximum atomic E-state index is 9.00. The molecule has 6 heavy (non-hydrogen) atoms. The van der Waals surface area contributed by atoms with Gasteiger partial charge in [-0.1, -0.05) is 0 Å². The quantitative estimate of drug-likeness (QED) is 0.288. The van der Waals surface area contributed by atoms with Crippen LogP contribution in [0.1, 0.15) is 0 Å². The molecular weight excluding hydrogens is 127 g/mol. The van der Waals surface area contributed by atoms with Gasteiger partial charge in [0.25, 0.3) is 0 Å². The minimum absolute atomic E-state index is 0. The van der Waals surface area contributed by atoms with E-state index in [1.165, 1.54) is 0 Å². The maximum Gasteiger partial charge on any atom is 0.368 e. The van der Waals surface area contributed by atoms with E-state index < -0.39 is 5.97 Å². The SMILES string of the molecule is O=CC(=O)O.[Mn]. The molecule has 3 nitrogen and oxygen atoms in total. The van der Waals surface area contributed by atoms with Crippen molar-refractivity contribution >= 4 is 12.3 Å². The molecule has 0 heterocycles. The van der Waals surface area contributed by atoms with Gasteiger partial charge in [0.05, 0.1) is 0 Å². The number of hydrogen-bond acceptors (Lipinski definition) is 2. The molecule has 1 N–H and O–H groups in total. The van der Waals surface area contributed by atoms with Gasteiger partial charge in [-0.05, 0) is 0 Å². The molecule has 0 rings (SSSR count). The molecule has 35 valence electrons. The fourth-order valence-electron chi connectivity index (χ4n) is 0. The summed E-state index contributed by atoms with van der Waals surface area (Å²) in [6.07, 6.45) is -0.167. The molecule has 0 amide bonds. The molecule has 0 aromatic carbocycles. The Labute approximate surface area is 44.8 Å². The third kappa shape index (κ3) is 9.40. The van der Waals surface area contributed by atoms with Gasteiger partial charge < -0.3 is 5.11 Å². The van der Waals surface area contributed by atoms with Crippen LogP contribution in [0.2, 0.25) is 0 Å². The van der Waals surface area contributed by atoms with Crippen molar-refractivity contribution in [1.29, 1.82) is 0 Å². The van der Waals surface area contributed by atoms with Crippen molar-refractivity contribution in [3.8, 4) is 0 Å². The summed E-state index contributed by atoms with van der Waals surface area (Å²) in [4.78, 5) is 17.9. The fraction of sp³-hybridized carbons (Fsp3) is 0. The first kappa shape index (κ1) is 9.18. The molecule has 0 spiro atoms. The number of rotatable bonds is 1. The van der Waals surface area contributed by atoms with Crippen LogP contribution < -0.4 is 0 Å². The van der Waals surface area contributed by atoms with Gasteiger partial charge in [0, 0.05) is 17.1 Å². The molecule has 0 aliphatic carbocycles. The number of carboxylic acids is 1. The second-order valence-corrected chi connectivity index (χ2v) is 0.456. The average Bonchev–Trinajstić information content (AvgIpc) is 1.38. The second kappa shape index (κ2) is 4.66. The first-order chi connectivity index (χ1) is 2.27. The largest absolute Gasteiger partial charge is 0.476 e. The second-order valence-electron chi connectivity index (χ2n) is 0.456. The van der Waals surface area contributed by atoms with Gasteiger partial charge in [0.1, 0.15) is 0 Å². The number of carbonyl (C=O) groups excluding carboxylic acids is 1. The fourth-order valence-corrected chi connectivity index (χ4v) is 0. The standard InChI is InChI=1S/C2H2O3.Mn/c3-1-2(4)5;/h1H,(H,4,5);. The van der Waals surface area contributed by atoms with Crippen LogP contribution in [0.5, 0.6) is 0 Å². The zero-order chi connectivity index (χ0) is 4.28. The van der Waals surface area contributed by atoms with E-state index in [4.69, 9.17) is 14.7 Å². The van der Waals surface area contributed by atoms with E-state index in [-0.39, 0.29) is 23.4 Å². The molecule has 4 heteroatoms. The zero-order valence-electron chi connectivity index (χ0n) is 2.72. The Balaban J connectivity index is 0. The van der Waals surface area contributed by atoms with Crippen LogP contribution in [0, 0.1) is 0 Å². The molecule has 0 aliphatic rings. The molecule has 0 atom stereocenters. The Kier molecular flexibility index (Phi) is 7.13. The van der Waals surface area contributed by atoms with Crippen LogP contribution in [0.25, 0.3) is 0 Å². The first-order valence-electron chi connectivity index (χ1n) is 0.952. The summed E-state index contributed by atoms with van der Waals surface area (Å²) in [7, 11) is 0. The predicted octanol–water partition coefficient (Wildman–Crippen LogP) is -0.733. The van der Waals surface area contributed by atoms with E-state index in [9.17, 15) is 0 Å². The third-order valence-electron chi connectivity index (χ3n) is 0.101. The van der Waals surface area contributed by atoms with E-state index in [1.807, 2.05) is 0 Å². The summed E-state index contributed by atoms with van der Waals surface area (Å²) in [6, 6.07) is 0. The first-order valence-corrected chi connectivity index (χ1v) is 0.952. The van der Waals surface area contributed by atoms with Crippen LogP contribution in [0.15, 0.2) is 0 Å². The van der Waals surface area contributed by atoms with Gasteiger partial charge in [-0.15, -0.1) is 0 Å². The molecule has 0 aromatic heterocycles. The number of aliphatic carboxylic acids is 1. The third-order valence-corrected chi connectivity index (χ3v) is 0.101. The molecule has 0 aromatic rings. The Morgan fingerprint density at radius 1 is 1.67 bits per heavy atom. The Bertz CT molecular complexity index is 59.8. The zero-order valence-corrected chi connectivity index (χ0v) is 3.90. The summed E-state index contributed by atoms with van der Waals surface area (Å²) in [5.41, 5.74) is 0. The van der Waals surface area contributed by atoms with E-state index in [0.717, 1.165) is 0 Å². The van der Waals surface area contributed by atoms with Crippen LogP contribution in [-0.4, -0.2) is 17.4 Å². The van der Waals surface area contributed by atoms with Crippen LogP contribution in [0.4, 0.5) is 0 Å². The minimum atomic E-state index is -1.43. The van der Waals surface area contributed by atoms with Crippen molar-refractivity contribution < 1.29 is 31.8 Å². The number of hydrogen-bond donors (Lipinski definition) is 1. The van der Waals surface area contributed by atoms with Gasteiger partial charge >= 0.3 is 5.97 Å². The number of carboxylic acid groups (broad SMARTS) is 1. The monoisotopic (exact) mass is 129 g/mol. The summed E-state index contributed by atoms with van der Waals surface area (Å²) < 4.78 is 0. The molecule has 0 fully saturated rings. The smallest absolute Gasteiger partial charge is 0.368 e. The average molecular weight is 129 g/mol. The van der Waals surface area contributed by atoms with Crippen molar-refractivity contribution in [2.24, 2.45) is 0 Å². The normalized spacial score (nSPS) is 5.33. The molecule has 1 radical (unpaired) electrons. The van der Waals surface area contributed by atoms with Crippen molar-refractivity contribution in [3.05, 3.63) is 0 Å². The predicted molar refractivity (Wildman–Crippen MR) is 13.7 cm³/mol. The Hall–Kier alpha value is -0.341. The van der Waals surface area contributed by atoms with E-state index in [0.29, 0.717) is 0 Å². The van der Waals surface area contributed by atoms with Gasteiger partial charge in [-0.3, -0.25) is 4.79 Å². The number of carbonyl (C=O) groups is 2. The van der Waals surface area contributed by atoms with Gasteiger partial charge in [-0.25, -0.2) is 4.79 Å². The molecule has 0 unspecified atom stereocenters. The van der Waals surface area contributed by atoms with Crippen molar-refractivity contribution in [1.82, 2.24) is 0 Å². The molecule has 0 saturated carbocycles. The minimum Gasteiger partial charge on any atom is -0.476 e. The van der Waals surface area contributed by atoms with Crippen molar-refractivity contribution in [2.45, 2.75) is 0 Å². The summed E-state index contributed by atoms with van der Waals surface area (Å²) >= 11 is 0. The number of aldehydes is 1. The van der Waals surface area contributed by atoms with Crippen molar-refractivity contribution in [3.63, 3.8) is 0 Å². The summed E-state index contributed by atoms with van der Waals surface area (Å²) in [6.45, 7) is 0. The summed E-state index contributed by atoms with van der Waals surface area (Å²) in [5, 5.41) is 7.35. The van der Waals surface area contributed by atoms with Crippen molar-refractivity contribution in [2.75, 3.05) is 0 Å². The van der Waals surface area contributed by atoms with Crippen LogP contribution >= 0.6 is 0 Å². The van der Waals surface area contributed by atoms with Gasteiger partial charge in [-0.2, -0.15) is 0 Å². The molecule has 0 aliphatic heterocycles. The van der Waals surface area contributed by atoms with E-state index in [1.54, 1.807) is 0 Å². The van der Waals surface area contributed by atoms with Gasteiger partial charge in [0.2, 0.25) is 6.29 Å². The van der Waals surface area contributed by atoms with Gasteiger partial charge in [0.15, 0.2) is 0 Å². The molecule has 0 saturated heterocycles. The maximum absolute atomic E-state index is 9.00. The summed E-state index contributed by atoms with van der Waals surface area (Å²) in [5.74, 6) is -1.43. The molecular formula is C2H2MnO3. The van der Waals surface area contributed by atoms with E-state index >= 15 is 0 Å². The van der Waals surface area contributed by atoms with Crippen LogP contribution in [0.3, 0.4) is 0 Å². The van der Waals surface area contributed by atoms with E-state index in [2.05, 4.69) is 0 Å². The Morgan fingerprint density at radius 3 is 1.83 bits per heavy atom. The Morgan fingerprint density at radius 2 is 1.83 bits per heavy atom. The molecule has 0 bridgehead atoms.